The Morgan fingerprint density at radius 3 is 2.35 bits per heavy atom. The van der Waals surface area contributed by atoms with Crippen LogP contribution >= 0.6 is 12.6 Å². The lowest BCUT2D eigenvalue weighted by atomic mass is 9.94. The average molecular weight is 861 g/mol. The number of hydrogen-bond acceptors (Lipinski definition) is 11. The number of pyridine rings is 1. The van der Waals surface area contributed by atoms with Crippen molar-refractivity contribution in [1.29, 1.82) is 5.26 Å². The zero-order chi connectivity index (χ0) is 43.7. The number of anilines is 4. The summed E-state index contributed by atoms with van der Waals surface area (Å²) in [5.41, 5.74) is -5.06. The molecule has 3 aromatic rings. The number of hydrogen-bond donors (Lipinski definition) is 4. The molecule has 0 radical (unpaired) electrons. The lowest BCUT2D eigenvalue weighted by Crippen LogP contribution is -2.47. The van der Waals surface area contributed by atoms with Crippen molar-refractivity contribution in [3.63, 3.8) is 0 Å². The Bertz CT molecular complexity index is 2210. The second-order valence-electron chi connectivity index (χ2n) is 15.5. The van der Waals surface area contributed by atoms with Crippen LogP contribution in [-0.2, 0) is 31.3 Å². The lowest BCUT2D eigenvalue weighted by Gasteiger charge is -2.34. The summed E-state index contributed by atoms with van der Waals surface area (Å²) in [6.07, 6.45) is -1.67. The molecule has 3 saturated heterocycles. The van der Waals surface area contributed by atoms with Crippen molar-refractivity contribution >= 4 is 59.0 Å². The summed E-state index contributed by atoms with van der Waals surface area (Å²) in [7, 11) is 0. The van der Waals surface area contributed by atoms with E-state index in [2.05, 4.69) is 33.6 Å². The number of ether oxygens (including phenoxy) is 1. The molecule has 3 fully saturated rings. The highest BCUT2D eigenvalue weighted by Crippen LogP contribution is 2.45. The van der Waals surface area contributed by atoms with Gasteiger partial charge in [0.25, 0.3) is 11.8 Å². The summed E-state index contributed by atoms with van der Waals surface area (Å²) in [6.45, 7) is 4.95. The number of amides is 4. The molecule has 2 aromatic carbocycles. The van der Waals surface area contributed by atoms with Crippen LogP contribution in [0.1, 0.15) is 69.7 Å². The number of carbonyl (C=O) groups is 4. The van der Waals surface area contributed by atoms with E-state index in [1.54, 1.807) is 0 Å². The number of nitrogens with one attached hydrogen (secondary N) is 3. The zero-order valence-electron chi connectivity index (χ0n) is 32.7. The third-order valence-corrected chi connectivity index (χ3v) is 11.2. The third kappa shape index (κ3) is 9.73. The van der Waals surface area contributed by atoms with Crippen LogP contribution in [0.25, 0.3) is 0 Å². The smallest absolute Gasteiger partial charge is 0.419 e. The van der Waals surface area contributed by atoms with Crippen molar-refractivity contribution < 1.29 is 50.3 Å². The number of thiol groups is 1. The van der Waals surface area contributed by atoms with Gasteiger partial charge in [0.15, 0.2) is 11.2 Å². The van der Waals surface area contributed by atoms with E-state index in [1.165, 1.54) is 55.1 Å². The van der Waals surface area contributed by atoms with Crippen molar-refractivity contribution in [1.82, 2.24) is 15.2 Å². The number of likely N-dealkylation sites (tertiary alicyclic amines) is 1. The first-order valence-electron chi connectivity index (χ1n) is 19.0. The molecular formula is C40H42F6N8O5S. The fourth-order valence-corrected chi connectivity index (χ4v) is 8.25. The third-order valence-electron chi connectivity index (χ3n) is 10.7. The predicted octanol–water partition coefficient (Wildman–Crippen LogP) is 6.40. The van der Waals surface area contributed by atoms with Gasteiger partial charge in [0.1, 0.15) is 29.2 Å². The van der Waals surface area contributed by atoms with Gasteiger partial charge in [-0.2, -0.15) is 18.4 Å². The number of piperidine rings is 2. The molecule has 3 N–H and O–H groups in total. The van der Waals surface area contributed by atoms with Crippen LogP contribution in [0.5, 0.6) is 5.75 Å². The Balaban J connectivity index is 1.04. The molecule has 60 heavy (non-hydrogen) atoms. The highest BCUT2D eigenvalue weighted by atomic mass is 32.1. The topological polar surface area (TPSA) is 160 Å². The quantitative estimate of drug-likeness (QED) is 0.0912. The van der Waals surface area contributed by atoms with Gasteiger partial charge in [-0.25, -0.2) is 18.2 Å². The molecule has 0 bridgehead atoms. The van der Waals surface area contributed by atoms with Gasteiger partial charge >= 0.3 is 6.18 Å². The molecule has 6 rings (SSSR count). The number of nitrogens with zero attached hydrogens (tertiary/aromatic N) is 5. The Morgan fingerprint density at radius 2 is 1.70 bits per heavy atom. The number of imide groups is 1. The molecule has 3 aliphatic heterocycles. The lowest BCUT2D eigenvalue weighted by molar-refractivity contribution is -0.138. The predicted molar refractivity (Wildman–Crippen MR) is 211 cm³/mol. The Hall–Kier alpha value is -5.55. The van der Waals surface area contributed by atoms with E-state index in [0.29, 0.717) is 45.3 Å². The molecule has 0 aliphatic carbocycles. The summed E-state index contributed by atoms with van der Waals surface area (Å²) < 4.78 is 91.7. The van der Waals surface area contributed by atoms with E-state index in [4.69, 9.17) is 10.00 Å². The maximum absolute atomic E-state index is 15.1. The number of halogens is 6. The number of benzene rings is 2. The van der Waals surface area contributed by atoms with Crippen molar-refractivity contribution in [2.24, 2.45) is 5.92 Å². The molecule has 13 nitrogen and oxygen atoms in total. The Morgan fingerprint density at radius 1 is 1.02 bits per heavy atom. The summed E-state index contributed by atoms with van der Waals surface area (Å²) in [6, 6.07) is 9.12. The van der Waals surface area contributed by atoms with Crippen molar-refractivity contribution in [3.05, 3.63) is 71.3 Å². The van der Waals surface area contributed by atoms with Crippen LogP contribution in [0.15, 0.2) is 48.7 Å². The number of rotatable bonds is 12. The maximum Gasteiger partial charge on any atom is 0.419 e. The first kappa shape index (κ1) is 44.0. The van der Waals surface area contributed by atoms with Crippen molar-refractivity contribution in [3.8, 4) is 11.8 Å². The van der Waals surface area contributed by atoms with Gasteiger partial charge in [0.05, 0.1) is 36.2 Å². The molecule has 3 aliphatic rings. The molecule has 4 heterocycles. The van der Waals surface area contributed by atoms with Crippen LogP contribution in [-0.4, -0.2) is 76.8 Å². The van der Waals surface area contributed by atoms with Gasteiger partial charge < -0.3 is 20.3 Å². The summed E-state index contributed by atoms with van der Waals surface area (Å²) in [4.78, 5) is 58.0. The minimum Gasteiger partial charge on any atom is -0.493 e. The minimum atomic E-state index is -4.94. The van der Waals surface area contributed by atoms with E-state index in [1.807, 2.05) is 4.90 Å². The first-order valence-corrected chi connectivity index (χ1v) is 19.5. The molecule has 20 heteroatoms. The average Bonchev–Trinajstić information content (AvgIpc) is 3.34. The Kier molecular flexibility index (Phi) is 12.6. The summed E-state index contributed by atoms with van der Waals surface area (Å²) in [5, 5.41) is 17.0. The molecule has 320 valence electrons. The SMILES string of the molecule is CC(F)(F)c1cc(N2C(S)N(c3cnc(C#N)c(C(F)(F)F)c3)C(=O)C2(C)C)ccc1OCCC1CCN(CC(=O)Nc2cc(F)cc(NC3CCC(=O)NC3=O)c2)CC1. The molecule has 1 aromatic heterocycles. The summed E-state index contributed by atoms with van der Waals surface area (Å²) in [5.74, 6) is -5.89. The van der Waals surface area contributed by atoms with Gasteiger partial charge in [0, 0.05) is 30.4 Å². The van der Waals surface area contributed by atoms with Crippen LogP contribution in [0.2, 0.25) is 0 Å². The fourth-order valence-electron chi connectivity index (χ4n) is 7.59. The highest BCUT2D eigenvalue weighted by Gasteiger charge is 2.52. The van der Waals surface area contributed by atoms with E-state index in [9.17, 15) is 36.7 Å². The monoisotopic (exact) mass is 860 g/mol. The molecule has 2 unspecified atom stereocenters. The number of carbonyl (C=O) groups excluding carboxylic acids is 4. The van der Waals surface area contributed by atoms with E-state index in [-0.39, 0.29) is 72.2 Å². The first-order chi connectivity index (χ1) is 28.1. The Labute approximate surface area is 346 Å². The molecule has 0 saturated carbocycles. The number of aromatic nitrogens is 1. The molecule has 2 atom stereocenters. The summed E-state index contributed by atoms with van der Waals surface area (Å²) >= 11 is 4.54. The van der Waals surface area contributed by atoms with Crippen LogP contribution in [0, 0.1) is 23.1 Å². The second kappa shape index (κ2) is 17.2. The number of alkyl halides is 5. The van der Waals surface area contributed by atoms with Crippen LogP contribution in [0.4, 0.5) is 49.1 Å². The second-order valence-corrected chi connectivity index (χ2v) is 16.0. The standard InChI is InChI=1S/C40H42F6N8O5S/c1-38(2)36(58)53(27-18-28(40(44,45)46)31(19-47)48-20-27)37(60)54(38)26-4-6-32(29(17-26)39(3,42)43)59-13-10-22-8-11-52(12-9-22)21-34(56)50-25-15-23(41)14-24(16-25)49-30-5-7-33(55)51-35(30)57/h4,6,14-18,20,22,30,37,49,60H,5,7-13,21H2,1-3H3,(H,50,56)(H,51,55,57). The molecule has 4 amide bonds. The van der Waals surface area contributed by atoms with Crippen LogP contribution < -0.4 is 30.5 Å². The van der Waals surface area contributed by atoms with Crippen LogP contribution in [0.3, 0.4) is 0 Å². The van der Waals surface area contributed by atoms with Crippen molar-refractivity contribution in [2.75, 3.05) is 46.7 Å². The van der Waals surface area contributed by atoms with Gasteiger partial charge in [-0.05, 0) is 101 Å². The highest BCUT2D eigenvalue weighted by molar-refractivity contribution is 7.81. The largest absolute Gasteiger partial charge is 0.493 e. The van der Waals surface area contributed by atoms with Gasteiger partial charge in [0.2, 0.25) is 17.7 Å². The van der Waals surface area contributed by atoms with Crippen molar-refractivity contribution in [2.45, 2.75) is 82.1 Å². The fraction of sp³-hybridized carbons (Fsp3) is 0.450. The van der Waals surface area contributed by atoms with Gasteiger partial charge in [-0.1, -0.05) is 0 Å². The molecular weight excluding hydrogens is 819 g/mol. The van der Waals surface area contributed by atoms with Gasteiger partial charge in [-0.15, -0.1) is 12.6 Å². The van der Waals surface area contributed by atoms with E-state index < -0.39 is 63.6 Å². The van der Waals surface area contributed by atoms with E-state index >= 15 is 8.78 Å². The van der Waals surface area contributed by atoms with Gasteiger partial charge in [-0.3, -0.25) is 34.3 Å². The number of nitriles is 1. The minimum absolute atomic E-state index is 0.0419. The maximum atomic E-state index is 15.1. The zero-order valence-corrected chi connectivity index (χ0v) is 33.6. The molecule has 0 spiro atoms. The normalized spacial score (nSPS) is 20.2. The van der Waals surface area contributed by atoms with E-state index in [0.717, 1.165) is 17.2 Å².